The van der Waals surface area contributed by atoms with Crippen molar-refractivity contribution in [3.05, 3.63) is 85.5 Å². The molecule has 10 heteroatoms. The highest BCUT2D eigenvalue weighted by molar-refractivity contribution is 14.1. The molecule has 5 rings (SSSR count). The Kier molecular flexibility index (Phi) is 6.59. The number of rotatable bonds is 5. The number of nitrogens with one attached hydrogen (secondary N) is 1. The fourth-order valence-corrected chi connectivity index (χ4v) is 4.57. The van der Waals surface area contributed by atoms with Gasteiger partial charge in [0.25, 0.3) is 11.8 Å². The largest absolute Gasteiger partial charge is 0.488 e. The summed E-state index contributed by atoms with van der Waals surface area (Å²) in [7, 11) is 0. The molecule has 2 heterocycles. The number of imide groups is 2. The average Bonchev–Trinajstić information content (AvgIpc) is 3.31. The number of anilines is 1. The van der Waals surface area contributed by atoms with Crippen LogP contribution in [-0.2, 0) is 16.2 Å². The summed E-state index contributed by atoms with van der Waals surface area (Å²) in [5, 5.41) is 2.62. The summed E-state index contributed by atoms with van der Waals surface area (Å²) in [4.78, 5) is 38.9. The number of nitrogens with zero attached hydrogens (tertiary/aromatic N) is 1. The van der Waals surface area contributed by atoms with Gasteiger partial charge < -0.3 is 14.2 Å². The Labute approximate surface area is 224 Å². The molecule has 0 aromatic heterocycles. The van der Waals surface area contributed by atoms with Crippen LogP contribution in [0.2, 0.25) is 5.02 Å². The maximum atomic E-state index is 13.1. The van der Waals surface area contributed by atoms with Crippen LogP contribution in [-0.4, -0.2) is 24.6 Å². The number of ether oxygens (including phenoxy) is 3. The average molecular weight is 617 g/mol. The predicted molar refractivity (Wildman–Crippen MR) is 141 cm³/mol. The maximum absolute atomic E-state index is 13.1. The summed E-state index contributed by atoms with van der Waals surface area (Å²) >= 11 is 8.29. The van der Waals surface area contributed by atoms with Gasteiger partial charge in [-0.2, -0.15) is 0 Å². The van der Waals surface area contributed by atoms with Gasteiger partial charge in [0.05, 0.1) is 9.26 Å². The van der Waals surface area contributed by atoms with E-state index in [0.717, 1.165) is 19.6 Å². The highest BCUT2D eigenvalue weighted by atomic mass is 127. The third kappa shape index (κ3) is 4.76. The number of urea groups is 1. The molecule has 0 bridgehead atoms. The molecule has 2 aliphatic heterocycles. The molecule has 1 saturated heterocycles. The second kappa shape index (κ2) is 9.82. The first kappa shape index (κ1) is 24.1. The zero-order valence-electron chi connectivity index (χ0n) is 18.8. The molecule has 0 atom stereocenters. The van der Waals surface area contributed by atoms with Crippen molar-refractivity contribution >= 4 is 63.8 Å². The van der Waals surface area contributed by atoms with E-state index in [9.17, 15) is 14.4 Å². The third-order valence-corrected chi connectivity index (χ3v) is 6.86. The van der Waals surface area contributed by atoms with E-state index < -0.39 is 17.8 Å². The molecule has 8 nitrogen and oxygen atoms in total. The Morgan fingerprint density at radius 3 is 2.64 bits per heavy atom. The van der Waals surface area contributed by atoms with E-state index in [-0.39, 0.29) is 18.1 Å². The number of aryl methyl sites for hydroxylation is 1. The van der Waals surface area contributed by atoms with Crippen LogP contribution in [0.3, 0.4) is 0 Å². The number of carbonyl (C=O) groups is 3. The number of barbiturate groups is 1. The highest BCUT2D eigenvalue weighted by Gasteiger charge is 2.37. The van der Waals surface area contributed by atoms with Gasteiger partial charge >= 0.3 is 6.03 Å². The highest BCUT2D eigenvalue weighted by Crippen LogP contribution is 2.33. The van der Waals surface area contributed by atoms with Gasteiger partial charge in [-0.3, -0.25) is 14.9 Å². The van der Waals surface area contributed by atoms with Crippen molar-refractivity contribution in [1.82, 2.24) is 5.32 Å². The molecule has 3 aromatic carbocycles. The second-order valence-corrected chi connectivity index (χ2v) is 9.63. The maximum Gasteiger partial charge on any atom is 0.335 e. The number of amides is 4. The Balaban J connectivity index is 1.35. The van der Waals surface area contributed by atoms with E-state index in [1.54, 1.807) is 30.3 Å². The van der Waals surface area contributed by atoms with Crippen molar-refractivity contribution < 1.29 is 28.6 Å². The molecule has 0 saturated carbocycles. The first-order chi connectivity index (χ1) is 17.3. The molecule has 1 fully saturated rings. The van der Waals surface area contributed by atoms with Gasteiger partial charge in [-0.05, 0) is 88.7 Å². The number of benzene rings is 3. The summed E-state index contributed by atoms with van der Waals surface area (Å²) < 4.78 is 17.4. The SMILES string of the molecule is Cc1ccc(N2C(=O)NC(=O)/C(=C/c3ccc(OCc4ccc5c(c4)OCO5)c(I)c3)C2=O)cc1Cl. The molecule has 36 heavy (non-hydrogen) atoms. The normalized spacial score (nSPS) is 15.9. The van der Waals surface area contributed by atoms with Crippen molar-refractivity contribution in [2.75, 3.05) is 11.7 Å². The van der Waals surface area contributed by atoms with Crippen LogP contribution in [0.1, 0.15) is 16.7 Å². The van der Waals surface area contributed by atoms with Crippen molar-refractivity contribution in [3.63, 3.8) is 0 Å². The van der Waals surface area contributed by atoms with Crippen LogP contribution in [0.25, 0.3) is 6.08 Å². The summed E-state index contributed by atoms with van der Waals surface area (Å²) in [6.07, 6.45) is 1.44. The van der Waals surface area contributed by atoms with Crippen LogP contribution < -0.4 is 24.4 Å². The molecule has 0 unspecified atom stereocenters. The van der Waals surface area contributed by atoms with E-state index >= 15 is 0 Å². The van der Waals surface area contributed by atoms with Crippen molar-refractivity contribution in [2.45, 2.75) is 13.5 Å². The van der Waals surface area contributed by atoms with Gasteiger partial charge in [0.1, 0.15) is 17.9 Å². The lowest BCUT2D eigenvalue weighted by atomic mass is 10.1. The van der Waals surface area contributed by atoms with Gasteiger partial charge in [-0.15, -0.1) is 0 Å². The lowest BCUT2D eigenvalue weighted by molar-refractivity contribution is -0.122. The minimum atomic E-state index is -0.830. The molecule has 3 aromatic rings. The van der Waals surface area contributed by atoms with Gasteiger partial charge in [-0.1, -0.05) is 29.8 Å². The minimum Gasteiger partial charge on any atom is -0.488 e. The smallest absolute Gasteiger partial charge is 0.335 e. The van der Waals surface area contributed by atoms with Crippen LogP contribution in [0, 0.1) is 10.5 Å². The van der Waals surface area contributed by atoms with Gasteiger partial charge in [0.15, 0.2) is 11.5 Å². The Morgan fingerprint density at radius 1 is 1.06 bits per heavy atom. The van der Waals surface area contributed by atoms with Crippen LogP contribution in [0.5, 0.6) is 17.2 Å². The zero-order chi connectivity index (χ0) is 25.4. The molecular weight excluding hydrogens is 599 g/mol. The summed E-state index contributed by atoms with van der Waals surface area (Å²) in [6.45, 7) is 2.34. The number of carbonyl (C=O) groups excluding carboxylic acids is 3. The second-order valence-electron chi connectivity index (χ2n) is 8.06. The first-order valence-corrected chi connectivity index (χ1v) is 12.2. The van der Waals surface area contributed by atoms with Crippen molar-refractivity contribution in [3.8, 4) is 17.2 Å². The Hall–Kier alpha value is -3.57. The van der Waals surface area contributed by atoms with Gasteiger partial charge in [0, 0.05) is 5.02 Å². The van der Waals surface area contributed by atoms with Crippen molar-refractivity contribution in [1.29, 1.82) is 0 Å². The van der Waals surface area contributed by atoms with E-state index in [4.69, 9.17) is 25.8 Å². The lowest BCUT2D eigenvalue weighted by Crippen LogP contribution is -2.54. The fourth-order valence-electron chi connectivity index (χ4n) is 3.70. The summed E-state index contributed by atoms with van der Waals surface area (Å²) in [5.41, 5.74) is 2.42. The zero-order valence-corrected chi connectivity index (χ0v) is 21.8. The van der Waals surface area contributed by atoms with E-state index in [1.807, 2.05) is 25.1 Å². The number of halogens is 2. The minimum absolute atomic E-state index is 0.170. The number of fused-ring (bicyclic) bond motifs is 1. The monoisotopic (exact) mass is 616 g/mol. The standard InChI is InChI=1S/C26H18ClIN2O6/c1-14-2-5-17(11-19(14)27)30-25(32)18(24(31)29-26(30)33)8-15-3-6-21(20(28)9-15)34-12-16-4-7-22-23(10-16)36-13-35-22/h2-11H,12-13H2,1H3,(H,29,31,33)/b18-8-. The Bertz CT molecular complexity index is 1450. The Morgan fingerprint density at radius 2 is 1.86 bits per heavy atom. The topological polar surface area (TPSA) is 94.2 Å². The first-order valence-electron chi connectivity index (χ1n) is 10.8. The molecule has 182 valence electrons. The van der Waals surface area contributed by atoms with Gasteiger partial charge in [-0.25, -0.2) is 9.69 Å². The number of hydrogen-bond donors (Lipinski definition) is 1. The summed E-state index contributed by atoms with van der Waals surface area (Å²) in [6, 6.07) is 14.9. The van der Waals surface area contributed by atoms with Crippen molar-refractivity contribution in [2.24, 2.45) is 0 Å². The van der Waals surface area contributed by atoms with E-state index in [0.29, 0.717) is 34.4 Å². The van der Waals surface area contributed by atoms with E-state index in [1.165, 1.54) is 12.1 Å². The molecule has 1 N–H and O–H groups in total. The lowest BCUT2D eigenvalue weighted by Gasteiger charge is -2.26. The fraction of sp³-hybridized carbons (Fsp3) is 0.115. The predicted octanol–water partition coefficient (Wildman–Crippen LogP) is 5.23. The van der Waals surface area contributed by atoms with E-state index in [2.05, 4.69) is 27.9 Å². The quantitative estimate of drug-likeness (QED) is 0.240. The van der Waals surface area contributed by atoms with Crippen LogP contribution in [0.4, 0.5) is 10.5 Å². The molecule has 4 amide bonds. The third-order valence-electron chi connectivity index (χ3n) is 5.61. The molecule has 0 radical (unpaired) electrons. The van der Waals surface area contributed by atoms with Crippen LogP contribution in [0.15, 0.2) is 60.2 Å². The molecule has 0 spiro atoms. The molecule has 0 aliphatic carbocycles. The molecular formula is C26H18ClIN2O6. The van der Waals surface area contributed by atoms with Crippen LogP contribution >= 0.6 is 34.2 Å². The number of hydrogen-bond acceptors (Lipinski definition) is 6. The summed E-state index contributed by atoms with van der Waals surface area (Å²) in [5.74, 6) is 0.529. The van der Waals surface area contributed by atoms with Gasteiger partial charge in [0.2, 0.25) is 6.79 Å². The molecule has 2 aliphatic rings.